The molecule has 0 saturated carbocycles. The number of allylic oxidation sites excluding steroid dienone is 1. The van der Waals surface area contributed by atoms with Crippen molar-refractivity contribution in [2.75, 3.05) is 6.54 Å². The van der Waals surface area contributed by atoms with Crippen LogP contribution in [0.2, 0.25) is 0 Å². The van der Waals surface area contributed by atoms with Crippen LogP contribution in [0.4, 0.5) is 0 Å². The van der Waals surface area contributed by atoms with Crippen LogP contribution < -0.4 is 5.32 Å². The van der Waals surface area contributed by atoms with Crippen molar-refractivity contribution in [1.29, 1.82) is 5.26 Å². The minimum Gasteiger partial charge on any atom is -0.356 e. The summed E-state index contributed by atoms with van der Waals surface area (Å²) in [5, 5.41) is 12.0. The summed E-state index contributed by atoms with van der Waals surface area (Å²) in [4.78, 5) is 12.1. The summed E-state index contributed by atoms with van der Waals surface area (Å²) < 4.78 is 23.7. The zero-order chi connectivity index (χ0) is 16.1. The van der Waals surface area contributed by atoms with Gasteiger partial charge in [-0.2, -0.15) is 5.26 Å². The number of carbonyl (C=O) groups is 1. The molecule has 0 aromatic heterocycles. The van der Waals surface area contributed by atoms with Gasteiger partial charge in [-0.25, -0.2) is 8.42 Å². The Labute approximate surface area is 125 Å². The third kappa shape index (κ3) is 3.92. The van der Waals surface area contributed by atoms with Crippen molar-refractivity contribution < 1.29 is 13.2 Å². The van der Waals surface area contributed by atoms with Gasteiger partial charge in [0.25, 0.3) is 0 Å². The number of likely N-dealkylation sites (N-methyl/N-ethyl adjacent to an activating group) is 1. The summed E-state index contributed by atoms with van der Waals surface area (Å²) in [6.45, 7) is 5.92. The van der Waals surface area contributed by atoms with Crippen LogP contribution in [-0.4, -0.2) is 20.9 Å². The highest BCUT2D eigenvalue weighted by atomic mass is 32.2. The van der Waals surface area contributed by atoms with Crippen LogP contribution in [-0.2, 0) is 20.0 Å². The molecular formula is C15H18N2O3S. The Balaban J connectivity index is 3.12. The third-order valence-electron chi connectivity index (χ3n) is 3.13. The molecule has 6 heteroatoms. The van der Waals surface area contributed by atoms with Crippen LogP contribution in [0.3, 0.4) is 0 Å². The Morgan fingerprint density at radius 2 is 1.90 bits per heavy atom. The van der Waals surface area contributed by atoms with Gasteiger partial charge < -0.3 is 5.32 Å². The molecule has 0 aliphatic carbocycles. The minimum atomic E-state index is -3.62. The van der Waals surface area contributed by atoms with Crippen molar-refractivity contribution in [1.82, 2.24) is 5.32 Å². The molecule has 0 fully saturated rings. The van der Waals surface area contributed by atoms with E-state index in [0.717, 1.165) is 17.0 Å². The molecule has 21 heavy (non-hydrogen) atoms. The van der Waals surface area contributed by atoms with E-state index in [0.29, 0.717) is 6.54 Å². The fourth-order valence-electron chi connectivity index (χ4n) is 1.77. The topological polar surface area (TPSA) is 87.0 Å². The lowest BCUT2D eigenvalue weighted by atomic mass is 9.84. The predicted molar refractivity (Wildman–Crippen MR) is 80.1 cm³/mol. The Morgan fingerprint density at radius 1 is 1.33 bits per heavy atom. The predicted octanol–water partition coefficient (Wildman–Crippen LogP) is 1.91. The Kier molecular flexibility index (Phi) is 5.28. The normalized spacial score (nSPS) is 12.1. The highest BCUT2D eigenvalue weighted by molar-refractivity contribution is 7.94. The molecule has 0 heterocycles. The molecule has 0 atom stereocenters. The first kappa shape index (κ1) is 16.9. The van der Waals surface area contributed by atoms with Crippen LogP contribution in [0.1, 0.15) is 26.3 Å². The van der Waals surface area contributed by atoms with E-state index in [-0.39, 0.29) is 10.8 Å². The maximum absolute atomic E-state index is 12.0. The Morgan fingerprint density at radius 3 is 2.38 bits per heavy atom. The van der Waals surface area contributed by atoms with E-state index in [1.54, 1.807) is 32.0 Å². The van der Waals surface area contributed by atoms with E-state index in [1.165, 1.54) is 12.1 Å². The number of benzene rings is 1. The number of nitrogens with zero attached hydrogens (tertiary/aromatic N) is 1. The smallest absolute Gasteiger partial charge is 0.230 e. The van der Waals surface area contributed by atoms with E-state index in [4.69, 9.17) is 5.26 Å². The SMILES string of the molecule is CCNC(=O)C(C)(C)c1ccc(S(=O)(=O)/C=C/C#N)cc1. The van der Waals surface area contributed by atoms with E-state index in [2.05, 4.69) is 5.32 Å². The van der Waals surface area contributed by atoms with Crippen LogP contribution in [0.15, 0.2) is 40.6 Å². The average Bonchev–Trinajstić information content (AvgIpc) is 2.45. The number of hydrogen-bond donors (Lipinski definition) is 1. The molecule has 0 unspecified atom stereocenters. The lowest BCUT2D eigenvalue weighted by molar-refractivity contribution is -0.125. The van der Waals surface area contributed by atoms with Crippen molar-refractivity contribution in [3.8, 4) is 6.07 Å². The number of nitrogens with one attached hydrogen (secondary N) is 1. The van der Waals surface area contributed by atoms with Crippen LogP contribution in [0, 0.1) is 11.3 Å². The molecule has 0 bridgehead atoms. The van der Waals surface area contributed by atoms with Gasteiger partial charge in [0.1, 0.15) is 0 Å². The monoisotopic (exact) mass is 306 g/mol. The Hall–Kier alpha value is -2.13. The first-order valence-corrected chi connectivity index (χ1v) is 8.00. The molecule has 1 aromatic carbocycles. The summed E-state index contributed by atoms with van der Waals surface area (Å²) in [5.41, 5.74) is -0.0301. The highest BCUT2D eigenvalue weighted by Crippen LogP contribution is 2.25. The van der Waals surface area contributed by atoms with Gasteiger partial charge in [-0.15, -0.1) is 0 Å². The van der Waals surface area contributed by atoms with Gasteiger partial charge in [0.05, 0.1) is 16.4 Å². The molecule has 0 aliphatic rings. The fraction of sp³-hybridized carbons (Fsp3) is 0.333. The van der Waals surface area contributed by atoms with Crippen LogP contribution >= 0.6 is 0 Å². The molecular weight excluding hydrogens is 288 g/mol. The second kappa shape index (κ2) is 6.55. The minimum absolute atomic E-state index is 0.0875. The Bertz CT molecular complexity index is 681. The van der Waals surface area contributed by atoms with Crippen molar-refractivity contribution in [2.45, 2.75) is 31.1 Å². The summed E-state index contributed by atoms with van der Waals surface area (Å²) in [7, 11) is -3.62. The molecule has 1 N–H and O–H groups in total. The lowest BCUT2D eigenvalue weighted by Gasteiger charge is -2.24. The maximum Gasteiger partial charge on any atom is 0.230 e. The number of rotatable bonds is 5. The molecule has 112 valence electrons. The van der Waals surface area contributed by atoms with Gasteiger partial charge in [-0.05, 0) is 38.5 Å². The first-order valence-electron chi connectivity index (χ1n) is 6.45. The van der Waals surface area contributed by atoms with E-state index >= 15 is 0 Å². The second-order valence-corrected chi connectivity index (χ2v) is 6.82. The summed E-state index contributed by atoms with van der Waals surface area (Å²) in [6, 6.07) is 7.75. The highest BCUT2D eigenvalue weighted by Gasteiger charge is 2.29. The quantitative estimate of drug-likeness (QED) is 0.842. The molecule has 1 aromatic rings. The summed E-state index contributed by atoms with van der Waals surface area (Å²) in [5.74, 6) is -0.120. The molecule has 1 amide bonds. The van der Waals surface area contributed by atoms with Crippen molar-refractivity contribution in [3.05, 3.63) is 41.3 Å². The van der Waals surface area contributed by atoms with Gasteiger partial charge >= 0.3 is 0 Å². The van der Waals surface area contributed by atoms with E-state index < -0.39 is 15.3 Å². The molecule has 1 rings (SSSR count). The number of hydrogen-bond acceptors (Lipinski definition) is 4. The largest absolute Gasteiger partial charge is 0.356 e. The van der Waals surface area contributed by atoms with Gasteiger partial charge in [-0.1, -0.05) is 12.1 Å². The lowest BCUT2D eigenvalue weighted by Crippen LogP contribution is -2.39. The molecule has 0 saturated heterocycles. The number of sulfone groups is 1. The van der Waals surface area contributed by atoms with Crippen LogP contribution in [0.25, 0.3) is 0 Å². The van der Waals surface area contributed by atoms with Crippen LogP contribution in [0.5, 0.6) is 0 Å². The summed E-state index contributed by atoms with van der Waals surface area (Å²) >= 11 is 0. The van der Waals surface area contributed by atoms with Crippen molar-refractivity contribution in [3.63, 3.8) is 0 Å². The molecule has 0 aliphatic heterocycles. The van der Waals surface area contributed by atoms with Gasteiger partial charge in [0.2, 0.25) is 15.7 Å². The first-order chi connectivity index (χ1) is 9.75. The molecule has 0 radical (unpaired) electrons. The molecule has 0 spiro atoms. The second-order valence-electron chi connectivity index (χ2n) is 4.99. The zero-order valence-corrected chi connectivity index (χ0v) is 13.1. The van der Waals surface area contributed by atoms with Gasteiger partial charge in [-0.3, -0.25) is 4.79 Å². The third-order valence-corrected chi connectivity index (χ3v) is 4.55. The van der Waals surface area contributed by atoms with E-state index in [9.17, 15) is 13.2 Å². The summed E-state index contributed by atoms with van der Waals surface area (Å²) in [6.07, 6.45) is 0.919. The zero-order valence-electron chi connectivity index (χ0n) is 12.3. The number of amides is 1. The number of carbonyl (C=O) groups excluding carboxylic acids is 1. The van der Waals surface area contributed by atoms with E-state index in [1.807, 2.05) is 6.92 Å². The van der Waals surface area contributed by atoms with Gasteiger partial charge in [0.15, 0.2) is 0 Å². The maximum atomic E-state index is 12.0. The standard InChI is InChI=1S/C15H18N2O3S/c1-4-17-14(18)15(2,3)12-6-8-13(9-7-12)21(19,20)11-5-10-16/h5-9,11H,4H2,1-3H3,(H,17,18)/b11-5+. The number of nitriles is 1. The van der Waals surface area contributed by atoms with Gasteiger partial charge in [0, 0.05) is 18.0 Å². The molecule has 5 nitrogen and oxygen atoms in total. The van der Waals surface area contributed by atoms with Crippen molar-refractivity contribution in [2.24, 2.45) is 0 Å². The fourth-order valence-corrected chi connectivity index (χ4v) is 2.69. The average molecular weight is 306 g/mol. The van der Waals surface area contributed by atoms with Crippen molar-refractivity contribution >= 4 is 15.7 Å².